The van der Waals surface area contributed by atoms with E-state index < -0.39 is 10.0 Å². The number of amides is 1. The normalized spacial score (nSPS) is 11.5. The fraction of sp³-hybridized carbons (Fsp3) is 0.333. The van der Waals surface area contributed by atoms with E-state index in [4.69, 9.17) is 5.11 Å². The number of hydrogen-bond acceptors (Lipinski definition) is 5. The molecule has 2 rings (SSSR count). The van der Waals surface area contributed by atoms with Gasteiger partial charge in [0.2, 0.25) is 10.0 Å². The maximum atomic E-state index is 12.4. The molecule has 1 aromatic carbocycles. The number of aryl methyl sites for hydroxylation is 1. The second kappa shape index (κ2) is 7.56. The number of aliphatic hydroxyl groups excluding tert-OH is 1. The van der Waals surface area contributed by atoms with Gasteiger partial charge in [-0.15, -0.1) is 0 Å². The molecular formula is C15H20N4O4S. The van der Waals surface area contributed by atoms with Crippen LogP contribution in [0.3, 0.4) is 0 Å². The van der Waals surface area contributed by atoms with Gasteiger partial charge in [-0.3, -0.25) is 4.79 Å². The maximum absolute atomic E-state index is 12.4. The fourth-order valence-corrected chi connectivity index (χ4v) is 3.13. The first-order chi connectivity index (χ1) is 11.3. The molecule has 0 aliphatic heterocycles. The van der Waals surface area contributed by atoms with Crippen LogP contribution in [0, 0.1) is 6.92 Å². The predicted molar refractivity (Wildman–Crippen MR) is 87.8 cm³/mol. The summed E-state index contributed by atoms with van der Waals surface area (Å²) in [4.78, 5) is 21.1. The van der Waals surface area contributed by atoms with E-state index in [2.05, 4.69) is 14.7 Å². The zero-order valence-electron chi connectivity index (χ0n) is 13.5. The third-order valence-corrected chi connectivity index (χ3v) is 4.78. The van der Waals surface area contributed by atoms with Gasteiger partial charge in [-0.1, -0.05) is 0 Å². The summed E-state index contributed by atoms with van der Waals surface area (Å²) in [6.45, 7) is 1.86. The fourth-order valence-electron chi connectivity index (χ4n) is 2.10. The first-order valence-electron chi connectivity index (χ1n) is 7.30. The van der Waals surface area contributed by atoms with Crippen LogP contribution in [0.5, 0.6) is 0 Å². The lowest BCUT2D eigenvalue weighted by molar-refractivity contribution is 0.0781. The minimum absolute atomic E-state index is 0.0387. The first-order valence-corrected chi connectivity index (χ1v) is 8.78. The molecule has 8 nitrogen and oxygen atoms in total. The van der Waals surface area contributed by atoms with Gasteiger partial charge in [-0.05, 0) is 31.2 Å². The Bertz CT molecular complexity index is 799. The van der Waals surface area contributed by atoms with E-state index in [1.165, 1.54) is 29.2 Å². The topological polar surface area (TPSA) is 115 Å². The number of aromatic nitrogens is 2. The molecule has 0 bridgehead atoms. The van der Waals surface area contributed by atoms with Crippen molar-refractivity contribution in [2.45, 2.75) is 18.4 Å². The number of carbonyl (C=O) groups excluding carboxylic acids is 1. The van der Waals surface area contributed by atoms with Gasteiger partial charge < -0.3 is 15.0 Å². The third-order valence-electron chi connectivity index (χ3n) is 3.30. The van der Waals surface area contributed by atoms with E-state index in [1.54, 1.807) is 13.2 Å². The van der Waals surface area contributed by atoms with Crippen LogP contribution in [0.4, 0.5) is 0 Å². The second-order valence-corrected chi connectivity index (χ2v) is 7.09. The number of nitrogens with zero attached hydrogens (tertiary/aromatic N) is 2. The molecule has 24 heavy (non-hydrogen) atoms. The van der Waals surface area contributed by atoms with E-state index in [0.717, 1.165) is 5.69 Å². The van der Waals surface area contributed by atoms with Crippen LogP contribution in [0.25, 0.3) is 0 Å². The average Bonchev–Trinajstić information content (AvgIpc) is 2.97. The van der Waals surface area contributed by atoms with Crippen LogP contribution in [0.2, 0.25) is 0 Å². The summed E-state index contributed by atoms with van der Waals surface area (Å²) in [5.41, 5.74) is 1.29. The lowest BCUT2D eigenvalue weighted by Crippen LogP contribution is -2.28. The molecule has 0 unspecified atom stereocenters. The molecule has 9 heteroatoms. The summed E-state index contributed by atoms with van der Waals surface area (Å²) in [5.74, 6) is 0.437. The molecule has 130 valence electrons. The smallest absolute Gasteiger partial charge is 0.254 e. The van der Waals surface area contributed by atoms with Crippen molar-refractivity contribution >= 4 is 15.9 Å². The van der Waals surface area contributed by atoms with E-state index >= 15 is 0 Å². The predicted octanol–water partition coefficient (Wildman–Crippen LogP) is 0.261. The molecule has 1 aromatic heterocycles. The highest BCUT2D eigenvalue weighted by Gasteiger charge is 2.16. The molecular weight excluding hydrogens is 332 g/mol. The Morgan fingerprint density at radius 1 is 1.33 bits per heavy atom. The largest absolute Gasteiger partial charge is 0.395 e. The Kier molecular flexibility index (Phi) is 5.71. The first kappa shape index (κ1) is 18.1. The summed E-state index contributed by atoms with van der Waals surface area (Å²) >= 11 is 0. The van der Waals surface area contributed by atoms with Crippen LogP contribution in [-0.4, -0.2) is 54.5 Å². The van der Waals surface area contributed by atoms with Crippen LogP contribution >= 0.6 is 0 Å². The van der Waals surface area contributed by atoms with Crippen molar-refractivity contribution in [3.8, 4) is 0 Å². The highest BCUT2D eigenvalue weighted by Crippen LogP contribution is 2.12. The average molecular weight is 352 g/mol. The number of H-pyrrole nitrogens is 1. The van der Waals surface area contributed by atoms with Gasteiger partial charge in [0.25, 0.3) is 5.91 Å². The Hall–Kier alpha value is -2.23. The van der Waals surface area contributed by atoms with Gasteiger partial charge in [0.05, 0.1) is 18.0 Å². The standard InChI is InChI=1S/C15H20N4O4S/c1-11-9-16-14(18-11)10-19(2)15(21)12-3-5-13(6-4-12)24(22,23)17-7-8-20/h3-6,9,17,20H,7-8,10H2,1-2H3,(H,16,18). The summed E-state index contributed by atoms with van der Waals surface area (Å²) in [5, 5.41) is 8.69. The summed E-state index contributed by atoms with van der Waals surface area (Å²) in [6, 6.07) is 5.63. The highest BCUT2D eigenvalue weighted by atomic mass is 32.2. The highest BCUT2D eigenvalue weighted by molar-refractivity contribution is 7.89. The molecule has 0 aliphatic rings. The van der Waals surface area contributed by atoms with Crippen molar-refractivity contribution in [2.75, 3.05) is 20.2 Å². The van der Waals surface area contributed by atoms with E-state index in [-0.39, 0.29) is 24.0 Å². The van der Waals surface area contributed by atoms with Gasteiger partial charge in [0.1, 0.15) is 5.82 Å². The second-order valence-electron chi connectivity index (χ2n) is 5.32. The lowest BCUT2D eigenvalue weighted by atomic mass is 10.2. The lowest BCUT2D eigenvalue weighted by Gasteiger charge is -2.16. The molecule has 0 spiro atoms. The number of nitrogens with one attached hydrogen (secondary N) is 2. The number of hydrogen-bond donors (Lipinski definition) is 3. The van der Waals surface area contributed by atoms with Crippen LogP contribution < -0.4 is 4.72 Å². The van der Waals surface area contributed by atoms with Crippen molar-refractivity contribution in [3.63, 3.8) is 0 Å². The number of imidazole rings is 1. The third kappa shape index (κ3) is 4.40. The van der Waals surface area contributed by atoms with Gasteiger partial charge >= 0.3 is 0 Å². The number of benzene rings is 1. The van der Waals surface area contributed by atoms with E-state index in [0.29, 0.717) is 17.9 Å². The SMILES string of the molecule is Cc1cnc(CN(C)C(=O)c2ccc(S(=O)(=O)NCCO)cc2)[nH]1. The van der Waals surface area contributed by atoms with Gasteiger partial charge in [-0.2, -0.15) is 0 Å². The van der Waals surface area contributed by atoms with Crippen molar-refractivity contribution in [3.05, 3.63) is 47.5 Å². The number of aliphatic hydroxyl groups is 1. The molecule has 0 saturated carbocycles. The quantitative estimate of drug-likeness (QED) is 0.661. The molecule has 0 fully saturated rings. The van der Waals surface area contributed by atoms with Crippen LogP contribution in [0.15, 0.2) is 35.4 Å². The number of rotatable bonds is 7. The summed E-state index contributed by atoms with van der Waals surface area (Å²) in [6.07, 6.45) is 1.69. The molecule has 2 aromatic rings. The van der Waals surface area contributed by atoms with Crippen molar-refractivity contribution in [2.24, 2.45) is 0 Å². The van der Waals surface area contributed by atoms with Gasteiger partial charge in [0.15, 0.2) is 0 Å². The molecule has 1 heterocycles. The maximum Gasteiger partial charge on any atom is 0.254 e. The van der Waals surface area contributed by atoms with Crippen molar-refractivity contribution < 1.29 is 18.3 Å². The van der Waals surface area contributed by atoms with Gasteiger partial charge in [0, 0.05) is 31.0 Å². The Morgan fingerprint density at radius 3 is 2.54 bits per heavy atom. The molecule has 0 saturated heterocycles. The molecule has 3 N–H and O–H groups in total. The number of sulfonamides is 1. The van der Waals surface area contributed by atoms with E-state index in [9.17, 15) is 13.2 Å². The summed E-state index contributed by atoms with van der Waals surface area (Å²) < 4.78 is 26.1. The van der Waals surface area contributed by atoms with Crippen LogP contribution in [-0.2, 0) is 16.6 Å². The minimum Gasteiger partial charge on any atom is -0.395 e. The Balaban J connectivity index is 2.08. The zero-order chi connectivity index (χ0) is 17.7. The van der Waals surface area contributed by atoms with Gasteiger partial charge in [-0.25, -0.2) is 18.1 Å². The molecule has 1 amide bonds. The van der Waals surface area contributed by atoms with Crippen molar-refractivity contribution in [1.82, 2.24) is 19.6 Å². The molecule has 0 radical (unpaired) electrons. The number of carbonyl (C=O) groups is 1. The Morgan fingerprint density at radius 2 is 2.00 bits per heavy atom. The van der Waals surface area contributed by atoms with Crippen molar-refractivity contribution in [1.29, 1.82) is 0 Å². The number of aromatic amines is 1. The Labute approximate surface area is 140 Å². The zero-order valence-corrected chi connectivity index (χ0v) is 14.3. The molecule has 0 atom stereocenters. The monoisotopic (exact) mass is 352 g/mol. The molecule has 0 aliphatic carbocycles. The van der Waals surface area contributed by atoms with Crippen LogP contribution in [0.1, 0.15) is 21.9 Å². The van der Waals surface area contributed by atoms with E-state index in [1.807, 2.05) is 6.92 Å². The minimum atomic E-state index is -3.68. The summed E-state index contributed by atoms with van der Waals surface area (Å²) in [7, 11) is -2.03.